The number of rotatable bonds is 6. The summed E-state index contributed by atoms with van der Waals surface area (Å²) < 4.78 is 10.8. The van der Waals surface area contributed by atoms with Crippen LogP contribution in [0.25, 0.3) is 11.4 Å². The van der Waals surface area contributed by atoms with Gasteiger partial charge in [0.05, 0.1) is 13.7 Å². The molecule has 0 aliphatic carbocycles. The Hall–Kier alpha value is -2.37. The number of hydrogen-bond donors (Lipinski definition) is 0. The van der Waals surface area contributed by atoms with Crippen molar-refractivity contribution in [2.24, 2.45) is 0 Å². The molecule has 0 bridgehead atoms. The largest absolute Gasteiger partial charge is 0.496 e. The minimum atomic E-state index is 0.571. The minimum Gasteiger partial charge on any atom is -0.496 e. The number of methoxy groups -OCH3 is 1. The molecule has 5 nitrogen and oxygen atoms in total. The summed E-state index contributed by atoms with van der Waals surface area (Å²) in [6.07, 6.45) is 0. The topological polar surface area (TPSA) is 51.4 Å². The first-order chi connectivity index (χ1) is 12.5. The molecule has 0 amide bonds. The van der Waals surface area contributed by atoms with Crippen molar-refractivity contribution in [3.8, 4) is 17.1 Å². The van der Waals surface area contributed by atoms with E-state index in [2.05, 4.69) is 41.0 Å². The number of benzene rings is 2. The summed E-state index contributed by atoms with van der Waals surface area (Å²) in [4.78, 5) is 6.61. The maximum absolute atomic E-state index is 5.91. The zero-order chi connectivity index (χ0) is 18.7. The second kappa shape index (κ2) is 7.89. The van der Waals surface area contributed by atoms with E-state index in [0.29, 0.717) is 23.3 Å². The van der Waals surface area contributed by atoms with E-state index in [1.807, 2.05) is 31.3 Å². The number of nitrogens with zero attached hydrogens (tertiary/aromatic N) is 3. The molecule has 0 radical (unpaired) electrons. The van der Waals surface area contributed by atoms with Crippen LogP contribution in [0.15, 0.2) is 40.9 Å². The summed E-state index contributed by atoms with van der Waals surface area (Å²) in [5.41, 5.74) is 4.38. The van der Waals surface area contributed by atoms with Crippen LogP contribution in [0, 0.1) is 13.8 Å². The van der Waals surface area contributed by atoms with E-state index in [4.69, 9.17) is 20.9 Å². The van der Waals surface area contributed by atoms with Crippen LogP contribution in [0.1, 0.15) is 22.6 Å². The van der Waals surface area contributed by atoms with Gasteiger partial charge < -0.3 is 9.26 Å². The van der Waals surface area contributed by atoms with Gasteiger partial charge in [-0.2, -0.15) is 4.98 Å². The number of hydrogen-bond acceptors (Lipinski definition) is 5. The zero-order valence-corrected chi connectivity index (χ0v) is 16.2. The monoisotopic (exact) mass is 371 g/mol. The van der Waals surface area contributed by atoms with Gasteiger partial charge in [-0.15, -0.1) is 0 Å². The van der Waals surface area contributed by atoms with Crippen LogP contribution in [0.3, 0.4) is 0 Å². The Morgan fingerprint density at radius 2 is 1.73 bits per heavy atom. The van der Waals surface area contributed by atoms with Gasteiger partial charge in [-0.05, 0) is 61.9 Å². The molecular weight excluding hydrogens is 350 g/mol. The molecule has 1 heterocycles. The maximum Gasteiger partial charge on any atom is 0.241 e. The van der Waals surface area contributed by atoms with E-state index in [1.165, 1.54) is 5.56 Å². The summed E-state index contributed by atoms with van der Waals surface area (Å²) in [6, 6.07) is 11.7. The van der Waals surface area contributed by atoms with Gasteiger partial charge in [0.2, 0.25) is 11.7 Å². The number of aryl methyl sites for hydroxylation is 2. The number of ether oxygens (including phenoxy) is 1. The Morgan fingerprint density at radius 1 is 1.08 bits per heavy atom. The lowest BCUT2D eigenvalue weighted by atomic mass is 10.1. The molecule has 0 N–H and O–H groups in total. The normalized spacial score (nSPS) is 11.2. The van der Waals surface area contributed by atoms with Gasteiger partial charge in [-0.1, -0.05) is 28.9 Å². The average Bonchev–Trinajstić information content (AvgIpc) is 3.03. The smallest absolute Gasteiger partial charge is 0.241 e. The van der Waals surface area contributed by atoms with E-state index in [-0.39, 0.29) is 0 Å². The Balaban J connectivity index is 1.67. The summed E-state index contributed by atoms with van der Waals surface area (Å²) in [7, 11) is 3.73. The van der Waals surface area contributed by atoms with Crippen molar-refractivity contribution in [3.63, 3.8) is 0 Å². The number of aromatic nitrogens is 2. The molecule has 2 aromatic carbocycles. The lowest BCUT2D eigenvalue weighted by Crippen LogP contribution is -2.17. The minimum absolute atomic E-state index is 0.571. The van der Waals surface area contributed by atoms with E-state index < -0.39 is 0 Å². The summed E-state index contributed by atoms with van der Waals surface area (Å²) >= 11 is 5.91. The Morgan fingerprint density at radius 3 is 2.35 bits per heavy atom. The highest BCUT2D eigenvalue weighted by Gasteiger charge is 2.12. The van der Waals surface area contributed by atoms with Crippen molar-refractivity contribution >= 4 is 11.6 Å². The SMILES string of the molecule is COc1c(C)cc(CN(C)Cc2nc(-c3ccc(Cl)cc3)no2)cc1C. The van der Waals surface area contributed by atoms with Crippen LogP contribution < -0.4 is 4.74 Å². The Bertz CT molecular complexity index is 867. The molecule has 0 spiro atoms. The lowest BCUT2D eigenvalue weighted by Gasteiger charge is -2.17. The maximum atomic E-state index is 5.91. The van der Waals surface area contributed by atoms with Gasteiger partial charge in [0.1, 0.15) is 5.75 Å². The van der Waals surface area contributed by atoms with E-state index in [1.54, 1.807) is 7.11 Å². The van der Waals surface area contributed by atoms with Crippen LogP contribution in [0.4, 0.5) is 0 Å². The molecule has 3 rings (SSSR count). The van der Waals surface area contributed by atoms with Crippen LogP contribution in [-0.2, 0) is 13.1 Å². The standard InChI is InChI=1S/C20H22ClN3O2/c1-13-9-15(10-14(2)19(13)25-4)11-24(3)12-18-22-20(23-26-18)16-5-7-17(21)8-6-16/h5-10H,11-12H2,1-4H3. The quantitative estimate of drug-likeness (QED) is 0.631. The van der Waals surface area contributed by atoms with E-state index in [0.717, 1.165) is 29.0 Å². The van der Waals surface area contributed by atoms with Crippen molar-refractivity contribution in [2.45, 2.75) is 26.9 Å². The highest BCUT2D eigenvalue weighted by atomic mass is 35.5. The molecule has 0 saturated carbocycles. The molecule has 6 heteroatoms. The van der Waals surface area contributed by atoms with Crippen molar-refractivity contribution in [1.29, 1.82) is 0 Å². The molecule has 3 aromatic rings. The third kappa shape index (κ3) is 4.23. The van der Waals surface area contributed by atoms with Gasteiger partial charge in [0, 0.05) is 17.1 Å². The first-order valence-electron chi connectivity index (χ1n) is 8.37. The molecule has 26 heavy (non-hydrogen) atoms. The van der Waals surface area contributed by atoms with Gasteiger partial charge in [-0.3, -0.25) is 4.90 Å². The molecule has 0 fully saturated rings. The van der Waals surface area contributed by atoms with Crippen molar-refractivity contribution < 1.29 is 9.26 Å². The third-order valence-electron chi connectivity index (χ3n) is 4.15. The second-order valence-corrected chi connectivity index (χ2v) is 6.89. The predicted octanol–water partition coefficient (Wildman–Crippen LogP) is 4.65. The fraction of sp³-hybridized carbons (Fsp3) is 0.300. The lowest BCUT2D eigenvalue weighted by molar-refractivity contribution is 0.260. The average molecular weight is 372 g/mol. The highest BCUT2D eigenvalue weighted by Crippen LogP contribution is 2.25. The summed E-state index contributed by atoms with van der Waals surface area (Å²) in [6.45, 7) is 5.48. The third-order valence-corrected chi connectivity index (χ3v) is 4.40. The second-order valence-electron chi connectivity index (χ2n) is 6.45. The van der Waals surface area contributed by atoms with Gasteiger partial charge in [0.15, 0.2) is 0 Å². The van der Waals surface area contributed by atoms with Gasteiger partial charge in [-0.25, -0.2) is 0 Å². The van der Waals surface area contributed by atoms with E-state index in [9.17, 15) is 0 Å². The zero-order valence-electron chi connectivity index (χ0n) is 15.4. The van der Waals surface area contributed by atoms with Crippen molar-refractivity contribution in [1.82, 2.24) is 15.0 Å². The fourth-order valence-electron chi connectivity index (χ4n) is 3.09. The predicted molar refractivity (Wildman–Crippen MR) is 102 cm³/mol. The number of halogens is 1. The molecule has 136 valence electrons. The molecule has 0 saturated heterocycles. The molecule has 0 atom stereocenters. The van der Waals surface area contributed by atoms with E-state index >= 15 is 0 Å². The van der Waals surface area contributed by atoms with Crippen LogP contribution >= 0.6 is 11.6 Å². The Kier molecular flexibility index (Phi) is 5.59. The first-order valence-corrected chi connectivity index (χ1v) is 8.75. The molecule has 0 unspecified atom stereocenters. The fourth-order valence-corrected chi connectivity index (χ4v) is 3.21. The first kappa shape index (κ1) is 18.4. The van der Waals surface area contributed by atoms with Gasteiger partial charge >= 0.3 is 0 Å². The van der Waals surface area contributed by atoms with Crippen molar-refractivity contribution in [3.05, 3.63) is 64.0 Å². The molecular formula is C20H22ClN3O2. The summed E-state index contributed by atoms with van der Waals surface area (Å²) in [5.74, 6) is 2.10. The summed E-state index contributed by atoms with van der Waals surface area (Å²) in [5, 5.41) is 4.74. The molecule has 1 aromatic heterocycles. The molecule has 0 aliphatic rings. The Labute approximate surface area is 158 Å². The van der Waals surface area contributed by atoms with Gasteiger partial charge in [0.25, 0.3) is 0 Å². The van der Waals surface area contributed by atoms with Crippen LogP contribution in [-0.4, -0.2) is 29.2 Å². The molecule has 0 aliphatic heterocycles. The van der Waals surface area contributed by atoms with Crippen LogP contribution in [0.2, 0.25) is 5.02 Å². The van der Waals surface area contributed by atoms with Crippen molar-refractivity contribution in [2.75, 3.05) is 14.2 Å². The highest BCUT2D eigenvalue weighted by molar-refractivity contribution is 6.30. The van der Waals surface area contributed by atoms with Crippen LogP contribution in [0.5, 0.6) is 5.75 Å².